The molecule has 6 rings (SSSR count). The first kappa shape index (κ1) is 32.5. The highest BCUT2D eigenvalue weighted by Gasteiger charge is 2.56. The van der Waals surface area contributed by atoms with Crippen LogP contribution in [0.3, 0.4) is 0 Å². The average molecular weight is 706 g/mol. The standard InChI is InChI=1S/C37H24Cl4O6/c38-25-16-14-23(15-17-25)21-44-33-27-20-26(39)18-19-28(27)37(22-42,47-36(43)24-8-2-1-3-9-24)35(46-32-13-7-5-11-30(32)41)34(33)45-31-12-6-4-10-29(31)40/h1-20,22,35H,21H2. The minimum absolute atomic E-state index is 0.0188. The third-order valence-corrected chi connectivity index (χ3v) is 8.49. The van der Waals surface area contributed by atoms with Crippen molar-refractivity contribution in [1.82, 2.24) is 0 Å². The molecule has 0 amide bonds. The van der Waals surface area contributed by atoms with Gasteiger partial charge in [0.1, 0.15) is 18.1 Å². The molecule has 0 fully saturated rings. The molecule has 0 bridgehead atoms. The van der Waals surface area contributed by atoms with Crippen LogP contribution in [0.2, 0.25) is 20.1 Å². The van der Waals surface area contributed by atoms with Crippen LogP contribution >= 0.6 is 46.4 Å². The molecule has 0 aliphatic heterocycles. The summed E-state index contributed by atoms with van der Waals surface area (Å²) in [6, 6.07) is 33.6. The van der Waals surface area contributed by atoms with Gasteiger partial charge in [0, 0.05) is 21.2 Å². The van der Waals surface area contributed by atoms with Crippen LogP contribution in [-0.2, 0) is 26.5 Å². The summed E-state index contributed by atoms with van der Waals surface area (Å²) in [4.78, 5) is 27.3. The molecule has 1 aliphatic rings. The summed E-state index contributed by atoms with van der Waals surface area (Å²) in [6.07, 6.45) is -0.966. The van der Waals surface area contributed by atoms with Crippen molar-refractivity contribution in [3.63, 3.8) is 0 Å². The van der Waals surface area contributed by atoms with Crippen molar-refractivity contribution in [3.8, 4) is 11.5 Å². The number of fused-ring (bicyclic) bond motifs is 1. The largest absolute Gasteiger partial charge is 0.485 e. The van der Waals surface area contributed by atoms with E-state index in [1.165, 1.54) is 0 Å². The summed E-state index contributed by atoms with van der Waals surface area (Å²) in [5.41, 5.74) is -0.552. The molecule has 47 heavy (non-hydrogen) atoms. The molecule has 0 saturated heterocycles. The first-order valence-electron chi connectivity index (χ1n) is 14.3. The Morgan fingerprint density at radius 2 is 1.34 bits per heavy atom. The quantitative estimate of drug-likeness (QED) is 0.106. The van der Waals surface area contributed by atoms with E-state index in [4.69, 9.17) is 65.4 Å². The van der Waals surface area contributed by atoms with Crippen LogP contribution in [0.5, 0.6) is 11.5 Å². The van der Waals surface area contributed by atoms with Crippen LogP contribution in [0, 0.1) is 0 Å². The van der Waals surface area contributed by atoms with Crippen LogP contribution < -0.4 is 9.47 Å². The van der Waals surface area contributed by atoms with Crippen molar-refractivity contribution in [3.05, 3.63) is 169 Å². The van der Waals surface area contributed by atoms with Gasteiger partial charge < -0.3 is 18.9 Å². The van der Waals surface area contributed by atoms with Crippen molar-refractivity contribution < 1.29 is 28.5 Å². The molecule has 2 atom stereocenters. The molecule has 0 heterocycles. The van der Waals surface area contributed by atoms with Gasteiger partial charge in [-0.05, 0) is 66.2 Å². The van der Waals surface area contributed by atoms with E-state index in [-0.39, 0.29) is 50.8 Å². The maximum Gasteiger partial charge on any atom is 0.339 e. The Hall–Kier alpha value is -4.46. The van der Waals surface area contributed by atoms with Gasteiger partial charge in [-0.2, -0.15) is 0 Å². The average Bonchev–Trinajstić information content (AvgIpc) is 3.08. The third kappa shape index (κ3) is 6.83. The predicted molar refractivity (Wildman–Crippen MR) is 182 cm³/mol. The molecule has 0 spiro atoms. The van der Waals surface area contributed by atoms with E-state index in [2.05, 4.69) is 0 Å². The van der Waals surface area contributed by atoms with Gasteiger partial charge in [-0.15, -0.1) is 0 Å². The lowest BCUT2D eigenvalue weighted by molar-refractivity contribution is -0.138. The van der Waals surface area contributed by atoms with E-state index in [1.54, 1.807) is 109 Å². The van der Waals surface area contributed by atoms with E-state index in [9.17, 15) is 9.59 Å². The van der Waals surface area contributed by atoms with Gasteiger partial charge in [-0.1, -0.05) is 107 Å². The number of hydrogen-bond donors (Lipinski definition) is 0. The smallest absolute Gasteiger partial charge is 0.339 e. The zero-order valence-electron chi connectivity index (χ0n) is 24.4. The molecule has 0 saturated carbocycles. The Morgan fingerprint density at radius 3 is 2.00 bits per heavy atom. The van der Waals surface area contributed by atoms with Crippen LogP contribution in [0.1, 0.15) is 27.0 Å². The fraction of sp³-hybridized carbons (Fsp3) is 0.0811. The fourth-order valence-electron chi connectivity index (χ4n) is 5.12. The number of halogens is 4. The number of hydrogen-bond acceptors (Lipinski definition) is 6. The van der Waals surface area contributed by atoms with Crippen LogP contribution in [-0.4, -0.2) is 18.4 Å². The molecule has 236 valence electrons. The summed E-state index contributed by atoms with van der Waals surface area (Å²) in [5.74, 6) is -0.216. The molecule has 1 aliphatic carbocycles. The molecule has 6 nitrogen and oxygen atoms in total. The Labute approximate surface area is 291 Å². The molecule has 0 aromatic heterocycles. The Morgan fingerprint density at radius 1 is 0.723 bits per heavy atom. The Balaban J connectivity index is 1.60. The molecule has 0 N–H and O–H groups in total. The molecular weight excluding hydrogens is 682 g/mol. The molecule has 5 aromatic rings. The molecule has 10 heteroatoms. The normalized spacial score (nSPS) is 17.0. The zero-order chi connectivity index (χ0) is 33.0. The number of rotatable bonds is 10. The monoisotopic (exact) mass is 704 g/mol. The Bertz CT molecular complexity index is 1960. The molecular formula is C37H24Cl4O6. The second-order valence-corrected chi connectivity index (χ2v) is 12.1. The maximum atomic E-state index is 13.7. The number of para-hydroxylation sites is 2. The number of benzene rings is 5. The highest BCUT2D eigenvalue weighted by molar-refractivity contribution is 6.32. The highest BCUT2D eigenvalue weighted by atomic mass is 35.5. The van der Waals surface area contributed by atoms with Crippen LogP contribution in [0.25, 0.3) is 5.76 Å². The van der Waals surface area contributed by atoms with Crippen molar-refractivity contribution in [1.29, 1.82) is 0 Å². The van der Waals surface area contributed by atoms with E-state index in [0.29, 0.717) is 21.9 Å². The summed E-state index contributed by atoms with van der Waals surface area (Å²) >= 11 is 25.8. The highest BCUT2D eigenvalue weighted by Crippen LogP contribution is 2.48. The predicted octanol–water partition coefficient (Wildman–Crippen LogP) is 9.98. The molecule has 2 unspecified atom stereocenters. The van der Waals surface area contributed by atoms with Crippen LogP contribution in [0.15, 0.2) is 127 Å². The van der Waals surface area contributed by atoms with Gasteiger partial charge in [0.2, 0.25) is 11.7 Å². The summed E-state index contributed by atoms with van der Waals surface area (Å²) in [5, 5.41) is 1.40. The van der Waals surface area contributed by atoms with Crippen molar-refractivity contribution in [2.45, 2.75) is 18.3 Å². The number of aldehydes is 1. The van der Waals surface area contributed by atoms with Gasteiger partial charge in [0.05, 0.1) is 15.6 Å². The van der Waals surface area contributed by atoms with Crippen LogP contribution in [0.4, 0.5) is 0 Å². The summed E-state index contributed by atoms with van der Waals surface area (Å²) in [6.45, 7) is 0.0601. The molecule has 5 aromatic carbocycles. The van der Waals surface area contributed by atoms with Gasteiger partial charge in [-0.3, -0.25) is 4.79 Å². The lowest BCUT2D eigenvalue weighted by Gasteiger charge is -2.41. The summed E-state index contributed by atoms with van der Waals surface area (Å²) < 4.78 is 25.7. The topological polar surface area (TPSA) is 71.1 Å². The second kappa shape index (κ2) is 14.1. The van der Waals surface area contributed by atoms with E-state index < -0.39 is 17.7 Å². The number of carbonyl (C=O) groups excluding carboxylic acids is 2. The maximum absolute atomic E-state index is 13.7. The lowest BCUT2D eigenvalue weighted by Crippen LogP contribution is -2.53. The number of esters is 1. The number of carbonyl (C=O) groups is 2. The summed E-state index contributed by atoms with van der Waals surface area (Å²) in [7, 11) is 0. The van der Waals surface area contributed by atoms with Crippen molar-refractivity contribution >= 4 is 64.4 Å². The lowest BCUT2D eigenvalue weighted by atomic mass is 9.79. The SMILES string of the molecule is O=CC1(OC(=O)c2ccccc2)c2ccc(Cl)cc2C(OCc2ccc(Cl)cc2)=C(Oc2ccccc2Cl)C1Oc1ccccc1Cl. The first-order chi connectivity index (χ1) is 22.8. The van der Waals surface area contributed by atoms with Gasteiger partial charge in [0.25, 0.3) is 0 Å². The van der Waals surface area contributed by atoms with Gasteiger partial charge in [0.15, 0.2) is 17.8 Å². The molecule has 0 radical (unpaired) electrons. The van der Waals surface area contributed by atoms with Gasteiger partial charge >= 0.3 is 5.97 Å². The minimum Gasteiger partial charge on any atom is -0.485 e. The van der Waals surface area contributed by atoms with Crippen molar-refractivity contribution in [2.24, 2.45) is 0 Å². The van der Waals surface area contributed by atoms with E-state index >= 15 is 0 Å². The number of ether oxygens (including phenoxy) is 4. The second-order valence-electron chi connectivity index (χ2n) is 10.4. The van der Waals surface area contributed by atoms with Gasteiger partial charge in [-0.25, -0.2) is 4.79 Å². The van der Waals surface area contributed by atoms with Crippen molar-refractivity contribution in [2.75, 3.05) is 0 Å². The minimum atomic E-state index is -2.13. The fourth-order valence-corrected chi connectivity index (χ4v) is 5.77. The third-order valence-electron chi connectivity index (χ3n) is 7.38. The van der Waals surface area contributed by atoms with E-state index in [1.807, 2.05) is 12.1 Å². The first-order valence-corrected chi connectivity index (χ1v) is 15.8. The zero-order valence-corrected chi connectivity index (χ0v) is 27.4. The van der Waals surface area contributed by atoms with E-state index in [0.717, 1.165) is 5.56 Å². The Kier molecular flexibility index (Phi) is 9.76.